The molecule has 0 amide bonds. The molecule has 136 valence electrons. The molecule has 2 rings (SSSR count). The van der Waals surface area contributed by atoms with Crippen LogP contribution in [0.15, 0.2) is 54.6 Å². The van der Waals surface area contributed by atoms with Gasteiger partial charge >= 0.3 is 0 Å². The molecule has 1 unspecified atom stereocenters. The summed E-state index contributed by atoms with van der Waals surface area (Å²) in [5.41, 5.74) is -1.15. The lowest BCUT2D eigenvalue weighted by atomic mass is 10.3. The molecule has 0 saturated carbocycles. The highest BCUT2D eigenvalue weighted by Crippen LogP contribution is 2.17. The lowest BCUT2D eigenvalue weighted by Gasteiger charge is -2.25. The second kappa shape index (κ2) is 9.88. The van der Waals surface area contributed by atoms with Crippen molar-refractivity contribution in [3.8, 4) is 17.2 Å². The lowest BCUT2D eigenvalue weighted by molar-refractivity contribution is -0.0199. The van der Waals surface area contributed by atoms with E-state index in [0.717, 1.165) is 0 Å². The van der Waals surface area contributed by atoms with Crippen molar-refractivity contribution >= 4 is 0 Å². The fourth-order valence-corrected chi connectivity index (χ4v) is 2.08. The van der Waals surface area contributed by atoms with Crippen LogP contribution in [0, 0.1) is 0 Å². The van der Waals surface area contributed by atoms with E-state index < -0.39 is 5.72 Å². The Morgan fingerprint density at radius 1 is 0.840 bits per heavy atom. The summed E-state index contributed by atoms with van der Waals surface area (Å²) < 4.78 is 16.4. The monoisotopic (exact) mass is 347 g/mol. The van der Waals surface area contributed by atoms with Crippen LogP contribution < -0.4 is 19.5 Å². The van der Waals surface area contributed by atoms with Crippen LogP contribution in [0.25, 0.3) is 0 Å². The molecular weight excluding hydrogens is 322 g/mol. The second-order valence-corrected chi connectivity index (χ2v) is 5.69. The number of nitrogens with one attached hydrogen (secondary N) is 1. The van der Waals surface area contributed by atoms with E-state index in [1.807, 2.05) is 30.3 Å². The van der Waals surface area contributed by atoms with Crippen molar-refractivity contribution in [2.24, 2.45) is 0 Å². The molecule has 0 aromatic heterocycles. The van der Waals surface area contributed by atoms with E-state index in [2.05, 4.69) is 5.32 Å². The average molecular weight is 347 g/mol. The Hall–Kier alpha value is -2.28. The number of ether oxygens (including phenoxy) is 3. The molecule has 0 bridgehead atoms. The van der Waals surface area contributed by atoms with Crippen LogP contribution in [0.4, 0.5) is 0 Å². The Kier molecular flexibility index (Phi) is 7.53. The molecule has 0 aliphatic rings. The first kappa shape index (κ1) is 19.1. The zero-order chi connectivity index (χ0) is 18.0. The molecular formula is C19H25NO5. The molecule has 3 N–H and O–H groups in total. The van der Waals surface area contributed by atoms with Gasteiger partial charge in [0.1, 0.15) is 42.8 Å². The second-order valence-electron chi connectivity index (χ2n) is 5.69. The van der Waals surface area contributed by atoms with Gasteiger partial charge in [0.2, 0.25) is 0 Å². The Balaban J connectivity index is 1.65. The highest BCUT2D eigenvalue weighted by Gasteiger charge is 2.20. The molecule has 6 heteroatoms. The van der Waals surface area contributed by atoms with Crippen molar-refractivity contribution in [2.45, 2.75) is 12.6 Å². The first-order valence-electron chi connectivity index (χ1n) is 8.21. The first-order chi connectivity index (χ1) is 12.1. The van der Waals surface area contributed by atoms with E-state index >= 15 is 0 Å². The molecule has 2 aromatic carbocycles. The van der Waals surface area contributed by atoms with Gasteiger partial charge in [-0.05, 0) is 43.3 Å². The zero-order valence-corrected chi connectivity index (χ0v) is 14.4. The Bertz CT molecular complexity index is 601. The van der Waals surface area contributed by atoms with Crippen LogP contribution in [-0.2, 0) is 0 Å². The predicted molar refractivity (Wildman–Crippen MR) is 95.1 cm³/mol. The van der Waals surface area contributed by atoms with Gasteiger partial charge in [0.05, 0.1) is 6.61 Å². The van der Waals surface area contributed by atoms with Gasteiger partial charge in [0.15, 0.2) is 0 Å². The van der Waals surface area contributed by atoms with Crippen molar-refractivity contribution in [3.05, 3.63) is 54.6 Å². The summed E-state index contributed by atoms with van der Waals surface area (Å²) >= 11 is 0. The Morgan fingerprint density at radius 3 is 2.00 bits per heavy atom. The molecule has 0 radical (unpaired) electrons. The summed E-state index contributed by atoms with van der Waals surface area (Å²) in [5, 5.41) is 22.0. The fraction of sp³-hybridized carbons (Fsp3) is 0.368. The quantitative estimate of drug-likeness (QED) is 0.425. The molecule has 0 fully saturated rings. The zero-order valence-electron chi connectivity index (χ0n) is 14.4. The molecule has 1 atom stereocenters. The highest BCUT2D eigenvalue weighted by molar-refractivity contribution is 5.31. The van der Waals surface area contributed by atoms with Gasteiger partial charge in [-0.15, -0.1) is 0 Å². The number of aliphatic hydroxyl groups is 2. The molecule has 25 heavy (non-hydrogen) atoms. The third-order valence-electron chi connectivity index (χ3n) is 3.32. The Morgan fingerprint density at radius 2 is 1.40 bits per heavy atom. The molecule has 0 aliphatic carbocycles. The van der Waals surface area contributed by atoms with Gasteiger partial charge in [0.25, 0.3) is 0 Å². The number of hydrogen-bond donors (Lipinski definition) is 3. The van der Waals surface area contributed by atoms with Gasteiger partial charge in [-0.25, -0.2) is 0 Å². The standard InChI is InChI=1S/C19H25NO5/c1-19(22,15-25-16-5-3-2-4-6-16)20-11-13-23-17-7-9-18(10-8-17)24-14-12-21/h2-10,20-22H,11-15H2,1H3. The van der Waals surface area contributed by atoms with Gasteiger partial charge in [0, 0.05) is 6.54 Å². The summed E-state index contributed by atoms with van der Waals surface area (Å²) in [6.45, 7) is 2.91. The van der Waals surface area contributed by atoms with E-state index in [-0.39, 0.29) is 19.8 Å². The third kappa shape index (κ3) is 7.43. The van der Waals surface area contributed by atoms with Crippen LogP contribution >= 0.6 is 0 Å². The van der Waals surface area contributed by atoms with Gasteiger partial charge < -0.3 is 24.4 Å². The summed E-state index contributed by atoms with van der Waals surface area (Å²) in [6.07, 6.45) is 0. The van der Waals surface area contributed by atoms with Crippen molar-refractivity contribution in [1.82, 2.24) is 5.32 Å². The number of hydrogen-bond acceptors (Lipinski definition) is 6. The summed E-state index contributed by atoms with van der Waals surface area (Å²) in [6, 6.07) is 16.5. The van der Waals surface area contributed by atoms with E-state index in [4.69, 9.17) is 19.3 Å². The maximum Gasteiger partial charge on any atom is 0.147 e. The van der Waals surface area contributed by atoms with Crippen LogP contribution in [-0.4, -0.2) is 48.9 Å². The molecule has 6 nitrogen and oxygen atoms in total. The number of aliphatic hydroxyl groups excluding tert-OH is 1. The molecule has 0 spiro atoms. The maximum absolute atomic E-state index is 10.3. The smallest absolute Gasteiger partial charge is 0.147 e. The van der Waals surface area contributed by atoms with Crippen LogP contribution in [0.3, 0.4) is 0 Å². The van der Waals surface area contributed by atoms with E-state index in [1.165, 1.54) is 0 Å². The highest BCUT2D eigenvalue weighted by atomic mass is 16.5. The minimum absolute atomic E-state index is 0.0160. The molecule has 0 heterocycles. The normalized spacial score (nSPS) is 13.1. The van der Waals surface area contributed by atoms with E-state index in [9.17, 15) is 5.11 Å². The lowest BCUT2D eigenvalue weighted by Crippen LogP contribution is -2.48. The third-order valence-corrected chi connectivity index (χ3v) is 3.32. The van der Waals surface area contributed by atoms with Crippen molar-refractivity contribution in [2.75, 3.05) is 33.0 Å². The summed E-state index contributed by atoms with van der Waals surface area (Å²) in [4.78, 5) is 0. The van der Waals surface area contributed by atoms with E-state index in [1.54, 1.807) is 31.2 Å². The summed E-state index contributed by atoms with van der Waals surface area (Å²) in [7, 11) is 0. The number of benzene rings is 2. The molecule has 2 aromatic rings. The fourth-order valence-electron chi connectivity index (χ4n) is 2.08. The largest absolute Gasteiger partial charge is 0.492 e. The van der Waals surface area contributed by atoms with E-state index in [0.29, 0.717) is 30.4 Å². The number of rotatable bonds is 11. The average Bonchev–Trinajstić information content (AvgIpc) is 2.64. The predicted octanol–water partition coefficient (Wildman–Crippen LogP) is 1.81. The van der Waals surface area contributed by atoms with Crippen molar-refractivity contribution in [1.29, 1.82) is 0 Å². The van der Waals surface area contributed by atoms with Gasteiger partial charge in [-0.1, -0.05) is 18.2 Å². The van der Waals surface area contributed by atoms with Crippen molar-refractivity contribution in [3.63, 3.8) is 0 Å². The Labute approximate surface area is 148 Å². The molecule has 0 saturated heterocycles. The number of para-hydroxylation sites is 1. The minimum atomic E-state index is -1.15. The van der Waals surface area contributed by atoms with Gasteiger partial charge in [-0.2, -0.15) is 0 Å². The van der Waals surface area contributed by atoms with Crippen molar-refractivity contribution < 1.29 is 24.4 Å². The molecule has 0 aliphatic heterocycles. The van der Waals surface area contributed by atoms with Crippen LogP contribution in [0.5, 0.6) is 17.2 Å². The maximum atomic E-state index is 10.3. The van der Waals surface area contributed by atoms with Gasteiger partial charge in [-0.3, -0.25) is 5.32 Å². The van der Waals surface area contributed by atoms with Crippen LogP contribution in [0.1, 0.15) is 6.92 Å². The minimum Gasteiger partial charge on any atom is -0.492 e. The van der Waals surface area contributed by atoms with Crippen LogP contribution in [0.2, 0.25) is 0 Å². The first-order valence-corrected chi connectivity index (χ1v) is 8.21. The topological polar surface area (TPSA) is 80.2 Å². The summed E-state index contributed by atoms with van der Waals surface area (Å²) in [5.74, 6) is 2.10. The SMILES string of the molecule is CC(O)(COc1ccccc1)NCCOc1ccc(OCCO)cc1.